The van der Waals surface area contributed by atoms with Gasteiger partial charge in [-0.05, 0) is 67.0 Å². The molecule has 132 valence electrons. The fourth-order valence-electron chi connectivity index (χ4n) is 3.44. The predicted octanol–water partition coefficient (Wildman–Crippen LogP) is 4.59. The second-order valence-corrected chi connectivity index (χ2v) is 6.52. The van der Waals surface area contributed by atoms with Gasteiger partial charge in [0.15, 0.2) is 11.6 Å². The van der Waals surface area contributed by atoms with Gasteiger partial charge in [-0.2, -0.15) is 0 Å². The van der Waals surface area contributed by atoms with Gasteiger partial charge in [0.2, 0.25) is 0 Å². The van der Waals surface area contributed by atoms with Crippen molar-refractivity contribution in [3.63, 3.8) is 0 Å². The van der Waals surface area contributed by atoms with Crippen molar-refractivity contribution in [2.45, 2.75) is 45.1 Å². The van der Waals surface area contributed by atoms with Gasteiger partial charge in [-0.25, -0.2) is 4.39 Å². The zero-order valence-electron chi connectivity index (χ0n) is 14.8. The van der Waals surface area contributed by atoms with Crippen molar-refractivity contribution in [3.8, 4) is 5.75 Å². The number of methoxy groups -OCH3 is 1. The Bertz CT molecular complexity index is 772. The van der Waals surface area contributed by atoms with E-state index in [-0.39, 0.29) is 17.7 Å². The molecule has 4 heteroatoms. The van der Waals surface area contributed by atoms with Crippen LogP contribution in [0.1, 0.15) is 59.3 Å². The van der Waals surface area contributed by atoms with Gasteiger partial charge >= 0.3 is 0 Å². The Morgan fingerprint density at radius 1 is 1.16 bits per heavy atom. The van der Waals surface area contributed by atoms with Gasteiger partial charge in [0, 0.05) is 5.56 Å². The molecule has 0 saturated heterocycles. The van der Waals surface area contributed by atoms with Crippen LogP contribution >= 0.6 is 0 Å². The van der Waals surface area contributed by atoms with E-state index in [0.29, 0.717) is 5.56 Å². The molecule has 0 heterocycles. The number of hydrogen-bond donors (Lipinski definition) is 1. The minimum Gasteiger partial charge on any atom is -0.494 e. The van der Waals surface area contributed by atoms with Crippen LogP contribution < -0.4 is 10.1 Å². The van der Waals surface area contributed by atoms with Crippen molar-refractivity contribution in [2.24, 2.45) is 0 Å². The highest BCUT2D eigenvalue weighted by atomic mass is 19.1. The number of aryl methyl sites for hydroxylation is 2. The van der Waals surface area contributed by atoms with E-state index >= 15 is 0 Å². The molecule has 1 N–H and O–H groups in total. The fourth-order valence-corrected chi connectivity index (χ4v) is 3.44. The Labute approximate surface area is 148 Å². The molecule has 0 aliphatic heterocycles. The summed E-state index contributed by atoms with van der Waals surface area (Å²) in [5.74, 6) is -0.665. The van der Waals surface area contributed by atoms with Crippen LogP contribution in [0.25, 0.3) is 0 Å². The second-order valence-electron chi connectivity index (χ2n) is 6.52. The van der Waals surface area contributed by atoms with Crippen LogP contribution in [0.15, 0.2) is 36.4 Å². The highest BCUT2D eigenvalue weighted by Gasteiger charge is 2.18. The summed E-state index contributed by atoms with van der Waals surface area (Å²) < 4.78 is 18.7. The highest BCUT2D eigenvalue weighted by Crippen LogP contribution is 2.26. The number of nitrogens with one attached hydrogen (secondary N) is 1. The molecule has 2 aromatic carbocycles. The molecule has 0 saturated carbocycles. The quantitative estimate of drug-likeness (QED) is 0.863. The van der Waals surface area contributed by atoms with Crippen molar-refractivity contribution in [1.82, 2.24) is 5.32 Å². The van der Waals surface area contributed by atoms with Crippen LogP contribution in [0, 0.1) is 5.82 Å². The topological polar surface area (TPSA) is 38.3 Å². The van der Waals surface area contributed by atoms with Crippen LogP contribution in [0.3, 0.4) is 0 Å². The standard InChI is InChI=1S/C21H24FNO2/c1-3-19(16-9-8-14-6-4-5-7-15(14)12-16)23-21(24)17-10-11-20(25-2)18(22)13-17/h8-13,19H,3-7H2,1-2H3,(H,23,24)/t19-/m0/s1. The van der Waals surface area contributed by atoms with Gasteiger partial charge < -0.3 is 10.1 Å². The number of hydrogen-bond acceptors (Lipinski definition) is 2. The average Bonchev–Trinajstić information content (AvgIpc) is 2.65. The average molecular weight is 341 g/mol. The third kappa shape index (κ3) is 3.84. The Morgan fingerprint density at radius 3 is 2.60 bits per heavy atom. The Hall–Kier alpha value is -2.36. The predicted molar refractivity (Wildman–Crippen MR) is 96.5 cm³/mol. The summed E-state index contributed by atoms with van der Waals surface area (Å²) in [6.45, 7) is 2.04. The molecular weight excluding hydrogens is 317 g/mol. The smallest absolute Gasteiger partial charge is 0.251 e. The molecular formula is C21H24FNO2. The van der Waals surface area contributed by atoms with E-state index in [0.717, 1.165) is 24.8 Å². The maximum atomic E-state index is 13.8. The Kier molecular flexibility index (Phi) is 5.37. The normalized spacial score (nSPS) is 14.5. The van der Waals surface area contributed by atoms with Crippen molar-refractivity contribution in [3.05, 3.63) is 64.5 Å². The molecule has 0 fully saturated rings. The first-order valence-corrected chi connectivity index (χ1v) is 8.88. The highest BCUT2D eigenvalue weighted by molar-refractivity contribution is 5.94. The molecule has 3 rings (SSSR count). The van der Waals surface area contributed by atoms with Crippen molar-refractivity contribution in [1.29, 1.82) is 0 Å². The van der Waals surface area contributed by atoms with Crippen LogP contribution in [-0.2, 0) is 12.8 Å². The van der Waals surface area contributed by atoms with Gasteiger partial charge in [0.1, 0.15) is 0 Å². The van der Waals surface area contributed by atoms with Crippen LogP contribution in [0.2, 0.25) is 0 Å². The maximum absolute atomic E-state index is 13.8. The number of halogens is 1. The molecule has 1 amide bonds. The number of carbonyl (C=O) groups excluding carboxylic acids is 1. The molecule has 0 spiro atoms. The summed E-state index contributed by atoms with van der Waals surface area (Å²) in [7, 11) is 1.40. The van der Waals surface area contributed by atoms with E-state index in [4.69, 9.17) is 4.74 Å². The number of amides is 1. The first-order valence-electron chi connectivity index (χ1n) is 8.88. The Balaban J connectivity index is 1.77. The largest absolute Gasteiger partial charge is 0.494 e. The third-order valence-corrected chi connectivity index (χ3v) is 4.90. The molecule has 1 atom stereocenters. The zero-order chi connectivity index (χ0) is 17.8. The molecule has 0 unspecified atom stereocenters. The summed E-state index contributed by atoms with van der Waals surface area (Å²) in [5.41, 5.74) is 4.24. The summed E-state index contributed by atoms with van der Waals surface area (Å²) in [5, 5.41) is 3.02. The number of fused-ring (bicyclic) bond motifs is 1. The molecule has 1 aliphatic carbocycles. The van der Waals surface area contributed by atoms with E-state index < -0.39 is 5.82 Å². The number of ether oxygens (including phenoxy) is 1. The fraction of sp³-hybridized carbons (Fsp3) is 0.381. The lowest BCUT2D eigenvalue weighted by molar-refractivity contribution is 0.0935. The van der Waals surface area contributed by atoms with E-state index in [1.54, 1.807) is 6.07 Å². The minimum atomic E-state index is -0.531. The summed E-state index contributed by atoms with van der Waals surface area (Å²) >= 11 is 0. The van der Waals surface area contributed by atoms with Gasteiger partial charge in [-0.1, -0.05) is 25.1 Å². The van der Waals surface area contributed by atoms with Crippen molar-refractivity contribution < 1.29 is 13.9 Å². The summed E-state index contributed by atoms with van der Waals surface area (Å²) in [6, 6.07) is 10.7. The van der Waals surface area contributed by atoms with Crippen LogP contribution in [-0.4, -0.2) is 13.0 Å². The van der Waals surface area contributed by atoms with Gasteiger partial charge in [0.05, 0.1) is 13.2 Å². The molecule has 0 radical (unpaired) electrons. The van der Waals surface area contributed by atoms with E-state index in [2.05, 4.69) is 23.5 Å². The van der Waals surface area contributed by atoms with Crippen molar-refractivity contribution in [2.75, 3.05) is 7.11 Å². The lowest BCUT2D eigenvalue weighted by atomic mass is 9.88. The SMILES string of the molecule is CC[C@H](NC(=O)c1ccc(OC)c(F)c1)c1ccc2c(c1)CCCC2. The van der Waals surface area contributed by atoms with Gasteiger partial charge in [0.25, 0.3) is 5.91 Å². The first kappa shape index (κ1) is 17.5. The lowest BCUT2D eigenvalue weighted by Gasteiger charge is -2.22. The number of carbonyl (C=O) groups is 1. The number of rotatable bonds is 5. The third-order valence-electron chi connectivity index (χ3n) is 4.90. The van der Waals surface area contributed by atoms with Gasteiger partial charge in [-0.3, -0.25) is 4.79 Å². The Morgan fingerprint density at radius 2 is 1.92 bits per heavy atom. The first-order chi connectivity index (χ1) is 12.1. The molecule has 25 heavy (non-hydrogen) atoms. The minimum absolute atomic E-state index is 0.0788. The molecule has 0 aromatic heterocycles. The van der Waals surface area contributed by atoms with Crippen molar-refractivity contribution >= 4 is 5.91 Å². The molecule has 3 nitrogen and oxygen atoms in total. The van der Waals surface area contributed by atoms with Gasteiger partial charge in [-0.15, -0.1) is 0 Å². The van der Waals surface area contributed by atoms with E-state index in [9.17, 15) is 9.18 Å². The second kappa shape index (κ2) is 7.68. The number of benzene rings is 2. The molecule has 2 aromatic rings. The molecule has 1 aliphatic rings. The summed E-state index contributed by atoms with van der Waals surface area (Å²) in [4.78, 5) is 12.5. The van der Waals surface area contributed by atoms with Crippen LogP contribution in [0.4, 0.5) is 4.39 Å². The summed E-state index contributed by atoms with van der Waals surface area (Å²) in [6.07, 6.45) is 5.51. The monoisotopic (exact) mass is 341 g/mol. The molecule has 0 bridgehead atoms. The zero-order valence-corrected chi connectivity index (χ0v) is 14.8. The maximum Gasteiger partial charge on any atom is 0.251 e. The van der Waals surface area contributed by atoms with E-state index in [1.807, 2.05) is 6.92 Å². The van der Waals surface area contributed by atoms with E-state index in [1.165, 1.54) is 43.2 Å². The lowest BCUT2D eigenvalue weighted by Crippen LogP contribution is -2.28. The van der Waals surface area contributed by atoms with Crippen LogP contribution in [0.5, 0.6) is 5.75 Å².